The third-order valence-corrected chi connectivity index (χ3v) is 5.98. The molecule has 0 saturated heterocycles. The molecule has 4 nitrogen and oxygen atoms in total. The van der Waals surface area contributed by atoms with E-state index < -0.39 is 11.1 Å². The highest BCUT2D eigenvalue weighted by Crippen LogP contribution is 2.46. The molecule has 6 atom stereocenters. The molecule has 5 heteroatoms. The molecule has 3 aliphatic carbocycles. The average molecular weight is 275 g/mol. The van der Waals surface area contributed by atoms with Gasteiger partial charge in [0.2, 0.25) is 0 Å². The zero-order chi connectivity index (χ0) is 13.7. The number of aliphatic hydroxyl groups excluding tert-OH is 1. The van der Waals surface area contributed by atoms with Crippen LogP contribution in [0.5, 0.6) is 0 Å². The summed E-state index contributed by atoms with van der Waals surface area (Å²) in [6.07, 6.45) is 2.30. The molecule has 18 heavy (non-hydrogen) atoms. The zero-order valence-electron chi connectivity index (χ0n) is 11.7. The van der Waals surface area contributed by atoms with Gasteiger partial charge in [-0.1, -0.05) is 0 Å². The minimum atomic E-state index is -1.77. The number of nitrogens with zero attached hydrogens (tertiary/aromatic N) is 1. The van der Waals surface area contributed by atoms with E-state index in [9.17, 15) is 13.9 Å². The van der Waals surface area contributed by atoms with Crippen molar-refractivity contribution < 1.29 is 13.9 Å². The van der Waals surface area contributed by atoms with Gasteiger partial charge >= 0.3 is 0 Å². The molecule has 0 aliphatic heterocycles. The summed E-state index contributed by atoms with van der Waals surface area (Å²) in [7, 11) is 2.02. The smallest absolute Gasteiger partial charge is 0.156 e. The quantitative estimate of drug-likeness (QED) is 0.749. The van der Waals surface area contributed by atoms with E-state index in [1.165, 1.54) is 0 Å². The van der Waals surface area contributed by atoms with Crippen molar-refractivity contribution in [2.75, 3.05) is 7.05 Å². The summed E-state index contributed by atoms with van der Waals surface area (Å²) in [6.45, 7) is 6.35. The third-order valence-electron chi connectivity index (χ3n) is 4.92. The van der Waals surface area contributed by atoms with Crippen LogP contribution in [0.1, 0.15) is 40.0 Å². The van der Waals surface area contributed by atoms with Crippen LogP contribution >= 0.6 is 0 Å². The van der Waals surface area contributed by atoms with Crippen LogP contribution in [0.15, 0.2) is 0 Å². The standard InChI is InChI=1S/C13H25NO3S/c1-13(2,3)14(4)11-9-6-5-8(12(11)15)7-10(9)18(16)17/h8-12,15H,5-7H2,1-4H3,(H,16,17). The Morgan fingerprint density at radius 2 is 1.89 bits per heavy atom. The third kappa shape index (κ3) is 2.38. The normalized spacial score (nSPS) is 42.3. The van der Waals surface area contributed by atoms with Gasteiger partial charge in [-0.25, -0.2) is 4.21 Å². The first kappa shape index (κ1) is 14.4. The fourth-order valence-corrected chi connectivity index (χ4v) is 4.62. The zero-order valence-corrected chi connectivity index (χ0v) is 12.5. The summed E-state index contributed by atoms with van der Waals surface area (Å²) in [6, 6.07) is 0.0126. The van der Waals surface area contributed by atoms with E-state index in [0.717, 1.165) is 12.8 Å². The van der Waals surface area contributed by atoms with E-state index in [4.69, 9.17) is 0 Å². The molecular weight excluding hydrogens is 250 g/mol. The molecule has 3 saturated carbocycles. The number of rotatable bonds is 2. The van der Waals surface area contributed by atoms with Crippen LogP contribution in [0.25, 0.3) is 0 Å². The summed E-state index contributed by atoms with van der Waals surface area (Å²) >= 11 is -1.77. The largest absolute Gasteiger partial charge is 0.391 e. The number of aliphatic hydroxyl groups is 1. The van der Waals surface area contributed by atoms with E-state index in [0.29, 0.717) is 6.42 Å². The van der Waals surface area contributed by atoms with Gasteiger partial charge < -0.3 is 9.66 Å². The summed E-state index contributed by atoms with van der Waals surface area (Å²) in [4.78, 5) is 2.19. The molecule has 3 rings (SSSR count). The predicted octanol–water partition coefficient (Wildman–Crippen LogP) is 1.47. The van der Waals surface area contributed by atoms with Crippen LogP contribution < -0.4 is 0 Å². The van der Waals surface area contributed by atoms with Gasteiger partial charge in [-0.3, -0.25) is 4.90 Å². The van der Waals surface area contributed by atoms with Crippen molar-refractivity contribution in [1.82, 2.24) is 4.90 Å². The summed E-state index contributed by atoms with van der Waals surface area (Å²) in [5.41, 5.74) is -0.0371. The monoisotopic (exact) mass is 275 g/mol. The van der Waals surface area contributed by atoms with Crippen LogP contribution in [0.2, 0.25) is 0 Å². The Morgan fingerprint density at radius 1 is 1.28 bits per heavy atom. The molecule has 3 aliphatic rings. The van der Waals surface area contributed by atoms with Crippen molar-refractivity contribution in [2.24, 2.45) is 11.8 Å². The summed E-state index contributed by atoms with van der Waals surface area (Å²) in [5, 5.41) is 10.3. The molecule has 6 unspecified atom stereocenters. The maximum absolute atomic E-state index is 11.5. The van der Waals surface area contributed by atoms with Gasteiger partial charge in [0.1, 0.15) is 0 Å². The maximum atomic E-state index is 11.5. The Morgan fingerprint density at radius 3 is 2.39 bits per heavy atom. The second kappa shape index (κ2) is 4.85. The Labute approximate surface area is 112 Å². The van der Waals surface area contributed by atoms with Crippen molar-refractivity contribution in [1.29, 1.82) is 0 Å². The Hall–Kier alpha value is 0.0300. The van der Waals surface area contributed by atoms with Crippen molar-refractivity contribution in [3.8, 4) is 0 Å². The maximum Gasteiger partial charge on any atom is 0.156 e. The molecule has 0 aromatic carbocycles. The van der Waals surface area contributed by atoms with Crippen molar-refractivity contribution >= 4 is 11.1 Å². The molecule has 106 valence electrons. The molecule has 0 aromatic heterocycles. The van der Waals surface area contributed by atoms with Gasteiger partial charge in [0.15, 0.2) is 11.1 Å². The fraction of sp³-hybridized carbons (Fsp3) is 1.00. The van der Waals surface area contributed by atoms with Gasteiger partial charge in [-0.2, -0.15) is 0 Å². The number of likely N-dealkylation sites (N-methyl/N-ethyl adjacent to an activating group) is 1. The van der Waals surface area contributed by atoms with Crippen LogP contribution in [-0.2, 0) is 11.1 Å². The Bertz CT molecular complexity index is 342. The highest BCUT2D eigenvalue weighted by Gasteiger charge is 2.52. The van der Waals surface area contributed by atoms with Crippen molar-refractivity contribution in [2.45, 2.75) is 63.0 Å². The van der Waals surface area contributed by atoms with E-state index >= 15 is 0 Å². The highest BCUT2D eigenvalue weighted by molar-refractivity contribution is 7.79. The molecular formula is C13H25NO3S. The number of hydrogen-bond donors (Lipinski definition) is 2. The number of hydrogen-bond acceptors (Lipinski definition) is 3. The van der Waals surface area contributed by atoms with Crippen LogP contribution in [0.3, 0.4) is 0 Å². The van der Waals surface area contributed by atoms with Gasteiger partial charge in [0, 0.05) is 11.6 Å². The van der Waals surface area contributed by atoms with Crippen LogP contribution in [0.4, 0.5) is 0 Å². The highest BCUT2D eigenvalue weighted by atomic mass is 32.2. The minimum absolute atomic E-state index is 0.0126. The first-order chi connectivity index (χ1) is 8.23. The van der Waals surface area contributed by atoms with Gasteiger partial charge in [-0.05, 0) is 58.9 Å². The average Bonchev–Trinajstić information content (AvgIpc) is 2.27. The lowest BCUT2D eigenvalue weighted by molar-refractivity contribution is -0.0947. The lowest BCUT2D eigenvalue weighted by Gasteiger charge is -2.55. The molecule has 0 amide bonds. The van der Waals surface area contributed by atoms with E-state index in [1.54, 1.807) is 0 Å². The van der Waals surface area contributed by atoms with Crippen LogP contribution in [-0.4, -0.2) is 48.8 Å². The predicted molar refractivity (Wildman–Crippen MR) is 72.7 cm³/mol. The number of fused-ring (bicyclic) bond motifs is 3. The molecule has 2 N–H and O–H groups in total. The Kier molecular flexibility index (Phi) is 3.89. The second-order valence-electron chi connectivity index (χ2n) is 6.81. The molecule has 0 heterocycles. The molecule has 0 spiro atoms. The summed E-state index contributed by atoms with van der Waals surface area (Å²) in [5.74, 6) is 0.325. The SMILES string of the molecule is CN(C1C(O)C2CCC1C(S(=O)O)C2)C(C)(C)C. The van der Waals surface area contributed by atoms with E-state index in [2.05, 4.69) is 25.7 Å². The lowest BCUT2D eigenvalue weighted by Crippen LogP contribution is -2.64. The molecule has 0 aromatic rings. The lowest BCUT2D eigenvalue weighted by atomic mass is 9.65. The van der Waals surface area contributed by atoms with E-state index in [1.807, 2.05) is 7.05 Å². The van der Waals surface area contributed by atoms with Crippen molar-refractivity contribution in [3.63, 3.8) is 0 Å². The van der Waals surface area contributed by atoms with Gasteiger partial charge in [0.25, 0.3) is 0 Å². The molecule has 2 bridgehead atoms. The van der Waals surface area contributed by atoms with Crippen LogP contribution in [0, 0.1) is 11.8 Å². The van der Waals surface area contributed by atoms with E-state index in [-0.39, 0.29) is 34.8 Å². The summed E-state index contributed by atoms with van der Waals surface area (Å²) < 4.78 is 20.9. The first-order valence-electron chi connectivity index (χ1n) is 6.74. The first-order valence-corrected chi connectivity index (χ1v) is 7.91. The fourth-order valence-electron chi connectivity index (χ4n) is 3.61. The van der Waals surface area contributed by atoms with Gasteiger partial charge in [-0.15, -0.1) is 0 Å². The van der Waals surface area contributed by atoms with Gasteiger partial charge in [0.05, 0.1) is 11.4 Å². The second-order valence-corrected chi connectivity index (χ2v) is 7.97. The minimum Gasteiger partial charge on any atom is -0.391 e. The molecule has 3 fully saturated rings. The van der Waals surface area contributed by atoms with Crippen molar-refractivity contribution in [3.05, 3.63) is 0 Å². The Balaban J connectivity index is 2.26. The topological polar surface area (TPSA) is 60.8 Å². The molecule has 0 radical (unpaired) electrons.